The Hall–Kier alpha value is -1.07. The number of amides is 1. The monoisotopic (exact) mass is 272 g/mol. The Morgan fingerprint density at radius 1 is 1.56 bits per heavy atom. The van der Waals surface area contributed by atoms with E-state index in [1.54, 1.807) is 12.4 Å². The SMILES string of the molecule is CC(C)(C)n1cc(C(=O)NCC2CNC2)cn1.Cl. The summed E-state index contributed by atoms with van der Waals surface area (Å²) in [6, 6.07) is 0. The summed E-state index contributed by atoms with van der Waals surface area (Å²) in [6.45, 7) is 8.92. The highest BCUT2D eigenvalue weighted by Gasteiger charge is 2.19. The van der Waals surface area contributed by atoms with E-state index >= 15 is 0 Å². The van der Waals surface area contributed by atoms with Gasteiger partial charge in [-0.1, -0.05) is 0 Å². The van der Waals surface area contributed by atoms with E-state index in [9.17, 15) is 4.79 Å². The van der Waals surface area contributed by atoms with Crippen LogP contribution in [0.2, 0.25) is 0 Å². The number of rotatable bonds is 3. The molecule has 1 aliphatic heterocycles. The van der Waals surface area contributed by atoms with Crippen molar-refractivity contribution in [1.82, 2.24) is 20.4 Å². The van der Waals surface area contributed by atoms with E-state index in [1.807, 2.05) is 4.68 Å². The molecule has 2 N–H and O–H groups in total. The van der Waals surface area contributed by atoms with Crippen LogP contribution in [0, 0.1) is 5.92 Å². The molecule has 0 aliphatic carbocycles. The van der Waals surface area contributed by atoms with Gasteiger partial charge in [-0.15, -0.1) is 12.4 Å². The lowest BCUT2D eigenvalue weighted by atomic mass is 10.0. The maximum Gasteiger partial charge on any atom is 0.254 e. The molecule has 5 nitrogen and oxygen atoms in total. The van der Waals surface area contributed by atoms with Crippen LogP contribution in [0.25, 0.3) is 0 Å². The van der Waals surface area contributed by atoms with Crippen LogP contribution in [0.1, 0.15) is 31.1 Å². The van der Waals surface area contributed by atoms with Crippen molar-refractivity contribution in [3.8, 4) is 0 Å². The second kappa shape index (κ2) is 5.71. The highest BCUT2D eigenvalue weighted by Crippen LogP contribution is 2.13. The van der Waals surface area contributed by atoms with Gasteiger partial charge in [0.05, 0.1) is 17.3 Å². The first-order valence-electron chi connectivity index (χ1n) is 6.01. The summed E-state index contributed by atoms with van der Waals surface area (Å²) in [5, 5.41) is 10.3. The van der Waals surface area contributed by atoms with E-state index in [2.05, 4.69) is 36.5 Å². The van der Waals surface area contributed by atoms with E-state index < -0.39 is 0 Å². The summed E-state index contributed by atoms with van der Waals surface area (Å²) in [6.07, 6.45) is 3.42. The molecule has 0 atom stereocenters. The Morgan fingerprint density at radius 3 is 2.67 bits per heavy atom. The normalized spacial score (nSPS) is 15.7. The number of aromatic nitrogens is 2. The van der Waals surface area contributed by atoms with Gasteiger partial charge in [0.15, 0.2) is 0 Å². The van der Waals surface area contributed by atoms with Crippen molar-refractivity contribution in [2.24, 2.45) is 5.92 Å². The quantitative estimate of drug-likeness (QED) is 0.863. The zero-order valence-electron chi connectivity index (χ0n) is 11.1. The third-order valence-corrected chi connectivity index (χ3v) is 2.95. The van der Waals surface area contributed by atoms with Crippen LogP contribution in [-0.4, -0.2) is 35.3 Å². The first-order chi connectivity index (χ1) is 7.97. The molecule has 1 aromatic heterocycles. The van der Waals surface area contributed by atoms with Crippen molar-refractivity contribution in [1.29, 1.82) is 0 Å². The lowest BCUT2D eigenvalue weighted by Crippen LogP contribution is -2.48. The van der Waals surface area contributed by atoms with Crippen LogP contribution in [0.4, 0.5) is 0 Å². The predicted molar refractivity (Wildman–Crippen MR) is 73.2 cm³/mol. The number of hydrogen-bond acceptors (Lipinski definition) is 3. The summed E-state index contributed by atoms with van der Waals surface area (Å²) in [5.41, 5.74) is 0.545. The Kier molecular flexibility index (Phi) is 4.76. The smallest absolute Gasteiger partial charge is 0.254 e. The molecule has 0 unspecified atom stereocenters. The topological polar surface area (TPSA) is 59.0 Å². The summed E-state index contributed by atoms with van der Waals surface area (Å²) >= 11 is 0. The van der Waals surface area contributed by atoms with Crippen molar-refractivity contribution in [3.63, 3.8) is 0 Å². The molecule has 0 spiro atoms. The zero-order chi connectivity index (χ0) is 12.5. The van der Waals surface area contributed by atoms with E-state index in [4.69, 9.17) is 0 Å². The Labute approximate surface area is 114 Å². The second-order valence-electron chi connectivity index (χ2n) is 5.58. The number of carbonyl (C=O) groups excluding carboxylic acids is 1. The van der Waals surface area contributed by atoms with Crippen LogP contribution in [0.3, 0.4) is 0 Å². The molecule has 0 aromatic carbocycles. The fourth-order valence-electron chi connectivity index (χ4n) is 1.64. The van der Waals surface area contributed by atoms with Gasteiger partial charge in [0.2, 0.25) is 0 Å². The van der Waals surface area contributed by atoms with Crippen LogP contribution >= 0.6 is 12.4 Å². The maximum absolute atomic E-state index is 11.8. The fraction of sp³-hybridized carbons (Fsp3) is 0.667. The minimum Gasteiger partial charge on any atom is -0.352 e. The number of hydrogen-bond donors (Lipinski definition) is 2. The molecule has 18 heavy (non-hydrogen) atoms. The molecular formula is C12H21ClN4O. The first kappa shape index (κ1) is 15.0. The van der Waals surface area contributed by atoms with Crippen molar-refractivity contribution in [2.45, 2.75) is 26.3 Å². The van der Waals surface area contributed by atoms with Gasteiger partial charge in [-0.3, -0.25) is 9.48 Å². The third kappa shape index (κ3) is 3.46. The molecule has 0 radical (unpaired) electrons. The minimum absolute atomic E-state index is 0. The molecular weight excluding hydrogens is 252 g/mol. The molecule has 102 valence electrons. The lowest BCUT2D eigenvalue weighted by molar-refractivity contribution is 0.0942. The Bertz CT molecular complexity index is 406. The van der Waals surface area contributed by atoms with Crippen LogP contribution in [-0.2, 0) is 5.54 Å². The molecule has 0 saturated carbocycles. The molecule has 1 saturated heterocycles. The second-order valence-corrected chi connectivity index (χ2v) is 5.58. The molecule has 1 amide bonds. The van der Waals surface area contributed by atoms with Gasteiger partial charge in [0.1, 0.15) is 0 Å². The molecule has 6 heteroatoms. The highest BCUT2D eigenvalue weighted by atomic mass is 35.5. The van der Waals surface area contributed by atoms with Crippen LogP contribution < -0.4 is 10.6 Å². The Balaban J connectivity index is 0.00000162. The number of nitrogens with one attached hydrogen (secondary N) is 2. The number of halogens is 1. The van der Waals surface area contributed by atoms with Crippen molar-refractivity contribution in [2.75, 3.05) is 19.6 Å². The molecule has 1 aromatic rings. The van der Waals surface area contributed by atoms with Crippen LogP contribution in [0.5, 0.6) is 0 Å². The van der Waals surface area contributed by atoms with Crippen LogP contribution in [0.15, 0.2) is 12.4 Å². The third-order valence-electron chi connectivity index (χ3n) is 2.95. The molecule has 0 bridgehead atoms. The standard InChI is InChI=1S/C12H20N4O.ClH/c1-12(2,3)16-8-10(7-15-16)11(17)14-6-9-4-13-5-9;/h7-9,13H,4-6H2,1-3H3,(H,14,17);1H. The summed E-state index contributed by atoms with van der Waals surface area (Å²) in [7, 11) is 0. The molecule has 2 heterocycles. The maximum atomic E-state index is 11.8. The summed E-state index contributed by atoms with van der Waals surface area (Å²) in [4.78, 5) is 11.8. The average molecular weight is 273 g/mol. The van der Waals surface area contributed by atoms with Crippen molar-refractivity contribution >= 4 is 18.3 Å². The van der Waals surface area contributed by atoms with Gasteiger partial charge in [0, 0.05) is 31.7 Å². The van der Waals surface area contributed by atoms with Gasteiger partial charge in [-0.25, -0.2) is 0 Å². The van der Waals surface area contributed by atoms with Gasteiger partial charge in [-0.05, 0) is 20.8 Å². The van der Waals surface area contributed by atoms with Gasteiger partial charge in [-0.2, -0.15) is 5.10 Å². The first-order valence-corrected chi connectivity index (χ1v) is 6.01. The van der Waals surface area contributed by atoms with Crippen molar-refractivity contribution in [3.05, 3.63) is 18.0 Å². The van der Waals surface area contributed by atoms with E-state index in [-0.39, 0.29) is 23.9 Å². The summed E-state index contributed by atoms with van der Waals surface area (Å²) in [5.74, 6) is 0.545. The fourth-order valence-corrected chi connectivity index (χ4v) is 1.64. The lowest BCUT2D eigenvalue weighted by Gasteiger charge is -2.26. The molecule has 1 aliphatic rings. The predicted octanol–water partition coefficient (Wildman–Crippen LogP) is 1.01. The highest BCUT2D eigenvalue weighted by molar-refractivity contribution is 5.93. The minimum atomic E-state index is -0.0869. The molecule has 2 rings (SSSR count). The summed E-state index contributed by atoms with van der Waals surface area (Å²) < 4.78 is 1.81. The van der Waals surface area contributed by atoms with Gasteiger partial charge < -0.3 is 10.6 Å². The number of nitrogens with zero attached hydrogens (tertiary/aromatic N) is 2. The van der Waals surface area contributed by atoms with E-state index in [0.29, 0.717) is 11.5 Å². The molecule has 1 fully saturated rings. The van der Waals surface area contributed by atoms with Gasteiger partial charge >= 0.3 is 0 Å². The zero-order valence-corrected chi connectivity index (χ0v) is 11.9. The van der Waals surface area contributed by atoms with E-state index in [1.165, 1.54) is 0 Å². The average Bonchev–Trinajstić information content (AvgIpc) is 2.62. The largest absolute Gasteiger partial charge is 0.352 e. The number of carbonyl (C=O) groups is 1. The van der Waals surface area contributed by atoms with E-state index in [0.717, 1.165) is 19.6 Å². The van der Waals surface area contributed by atoms with Gasteiger partial charge in [0.25, 0.3) is 5.91 Å². The Morgan fingerprint density at radius 2 is 2.22 bits per heavy atom. The van der Waals surface area contributed by atoms with Crippen molar-refractivity contribution < 1.29 is 4.79 Å².